The SMILES string of the molecule is c1ccc(-n2c3ccccc3c3cc(-c4cccc(-c5ccc6c7ccccc7c7nccnc7c6c5)c4)ccc32)cc1. The second kappa shape index (κ2) is 9.37. The van der Waals surface area contributed by atoms with Crippen LogP contribution in [-0.2, 0) is 0 Å². The Morgan fingerprint density at radius 1 is 0.349 bits per heavy atom. The first-order valence-electron chi connectivity index (χ1n) is 14.6. The topological polar surface area (TPSA) is 30.7 Å². The Labute approximate surface area is 248 Å². The largest absolute Gasteiger partial charge is 0.309 e. The van der Waals surface area contributed by atoms with E-state index >= 15 is 0 Å². The molecular weight excluding hydrogens is 522 g/mol. The minimum Gasteiger partial charge on any atom is -0.309 e. The zero-order valence-corrected chi connectivity index (χ0v) is 23.3. The van der Waals surface area contributed by atoms with E-state index in [4.69, 9.17) is 9.97 Å². The highest BCUT2D eigenvalue weighted by molar-refractivity contribution is 6.23. The first-order valence-corrected chi connectivity index (χ1v) is 14.6. The molecule has 0 fully saturated rings. The molecule has 0 aliphatic rings. The monoisotopic (exact) mass is 547 g/mol. The molecule has 0 amide bonds. The van der Waals surface area contributed by atoms with E-state index in [-0.39, 0.29) is 0 Å². The molecule has 0 atom stereocenters. The van der Waals surface area contributed by atoms with E-state index in [9.17, 15) is 0 Å². The van der Waals surface area contributed by atoms with E-state index in [0.29, 0.717) is 0 Å². The summed E-state index contributed by atoms with van der Waals surface area (Å²) in [5, 5.41) is 7.17. The van der Waals surface area contributed by atoms with Crippen molar-refractivity contribution in [3.8, 4) is 27.9 Å². The van der Waals surface area contributed by atoms with Gasteiger partial charge in [0.05, 0.1) is 22.1 Å². The first kappa shape index (κ1) is 23.9. The van der Waals surface area contributed by atoms with E-state index in [1.807, 2.05) is 0 Å². The van der Waals surface area contributed by atoms with Gasteiger partial charge in [-0.25, -0.2) is 0 Å². The van der Waals surface area contributed by atoms with E-state index in [1.54, 1.807) is 12.4 Å². The first-order chi connectivity index (χ1) is 21.3. The van der Waals surface area contributed by atoms with Crippen LogP contribution >= 0.6 is 0 Å². The van der Waals surface area contributed by atoms with Gasteiger partial charge in [-0.2, -0.15) is 0 Å². The lowest BCUT2D eigenvalue weighted by molar-refractivity contribution is 1.18. The molecule has 0 aliphatic carbocycles. The van der Waals surface area contributed by atoms with Crippen LogP contribution in [0.4, 0.5) is 0 Å². The molecule has 200 valence electrons. The molecule has 3 nitrogen and oxygen atoms in total. The normalized spacial score (nSPS) is 11.7. The van der Waals surface area contributed by atoms with Gasteiger partial charge in [-0.05, 0) is 75.5 Å². The molecular formula is C40H25N3. The van der Waals surface area contributed by atoms with Crippen LogP contribution in [0, 0.1) is 0 Å². The van der Waals surface area contributed by atoms with Crippen LogP contribution in [-0.4, -0.2) is 14.5 Å². The number of benzene rings is 7. The van der Waals surface area contributed by atoms with Crippen LogP contribution < -0.4 is 0 Å². The Balaban J connectivity index is 1.21. The summed E-state index contributed by atoms with van der Waals surface area (Å²) in [6.45, 7) is 0. The molecule has 0 unspecified atom stereocenters. The predicted octanol–water partition coefficient (Wildman–Crippen LogP) is 10.4. The molecule has 9 rings (SSSR count). The van der Waals surface area contributed by atoms with Crippen molar-refractivity contribution in [2.75, 3.05) is 0 Å². The van der Waals surface area contributed by atoms with Gasteiger partial charge >= 0.3 is 0 Å². The number of rotatable bonds is 3. The molecule has 0 saturated heterocycles. The summed E-state index contributed by atoms with van der Waals surface area (Å²) in [6, 6.07) is 50.2. The Hall–Kier alpha value is -5.80. The molecule has 7 aromatic carbocycles. The quantitative estimate of drug-likeness (QED) is 0.206. The Kier molecular flexibility index (Phi) is 5.20. The molecule has 0 aliphatic heterocycles. The average molecular weight is 548 g/mol. The van der Waals surface area contributed by atoms with Crippen molar-refractivity contribution in [3.05, 3.63) is 152 Å². The second-order valence-electron chi connectivity index (χ2n) is 11.1. The minimum absolute atomic E-state index is 0.939. The van der Waals surface area contributed by atoms with Gasteiger partial charge in [0.2, 0.25) is 0 Å². The fourth-order valence-electron chi connectivity index (χ4n) is 6.70. The van der Waals surface area contributed by atoms with Crippen LogP contribution in [0.25, 0.3) is 82.3 Å². The van der Waals surface area contributed by atoms with E-state index < -0.39 is 0 Å². The summed E-state index contributed by atoms with van der Waals surface area (Å²) in [7, 11) is 0. The minimum atomic E-state index is 0.939. The van der Waals surface area contributed by atoms with Crippen molar-refractivity contribution >= 4 is 54.4 Å². The Morgan fingerprint density at radius 2 is 0.907 bits per heavy atom. The van der Waals surface area contributed by atoms with Crippen molar-refractivity contribution in [2.45, 2.75) is 0 Å². The standard InChI is InChI=1S/C40H25N3/c1-2-11-30(12-3-1)43-37-16-7-6-14-33(37)35-24-29(18-20-38(35)43)27-10-8-9-26(23-27)28-17-19-32-31-13-4-5-15-34(31)39-40(36(32)25-28)42-22-21-41-39/h1-25H. The average Bonchev–Trinajstić information content (AvgIpc) is 3.42. The van der Waals surface area contributed by atoms with Gasteiger partial charge in [-0.15, -0.1) is 0 Å². The van der Waals surface area contributed by atoms with E-state index in [0.717, 1.165) is 21.8 Å². The highest BCUT2D eigenvalue weighted by atomic mass is 15.0. The van der Waals surface area contributed by atoms with Gasteiger partial charge in [0.25, 0.3) is 0 Å². The zero-order valence-electron chi connectivity index (χ0n) is 23.3. The van der Waals surface area contributed by atoms with Gasteiger partial charge in [-0.1, -0.05) is 97.1 Å². The maximum absolute atomic E-state index is 4.77. The Morgan fingerprint density at radius 3 is 1.70 bits per heavy atom. The summed E-state index contributed by atoms with van der Waals surface area (Å²) < 4.78 is 2.36. The maximum Gasteiger partial charge on any atom is 0.0971 e. The number of para-hydroxylation sites is 2. The third kappa shape index (κ3) is 3.68. The van der Waals surface area contributed by atoms with Crippen molar-refractivity contribution in [3.63, 3.8) is 0 Å². The highest BCUT2D eigenvalue weighted by Gasteiger charge is 2.14. The van der Waals surface area contributed by atoms with Gasteiger partial charge in [0, 0.05) is 39.6 Å². The third-order valence-electron chi connectivity index (χ3n) is 8.66. The molecule has 2 heterocycles. The fourth-order valence-corrected chi connectivity index (χ4v) is 6.70. The van der Waals surface area contributed by atoms with E-state index in [1.165, 1.54) is 60.5 Å². The van der Waals surface area contributed by atoms with Crippen LogP contribution in [0.2, 0.25) is 0 Å². The molecule has 0 radical (unpaired) electrons. The zero-order chi connectivity index (χ0) is 28.3. The number of hydrogen-bond acceptors (Lipinski definition) is 2. The highest BCUT2D eigenvalue weighted by Crippen LogP contribution is 2.38. The number of nitrogens with zero attached hydrogens (tertiary/aromatic N) is 3. The lowest BCUT2D eigenvalue weighted by Gasteiger charge is -2.12. The fraction of sp³-hybridized carbons (Fsp3) is 0. The number of hydrogen-bond donors (Lipinski definition) is 0. The molecule has 0 N–H and O–H groups in total. The summed E-state index contributed by atoms with van der Waals surface area (Å²) in [6.07, 6.45) is 3.57. The summed E-state index contributed by atoms with van der Waals surface area (Å²) in [5.74, 6) is 0. The molecule has 9 aromatic rings. The predicted molar refractivity (Wildman–Crippen MR) is 180 cm³/mol. The number of aromatic nitrogens is 3. The summed E-state index contributed by atoms with van der Waals surface area (Å²) in [4.78, 5) is 9.49. The number of fused-ring (bicyclic) bond motifs is 9. The van der Waals surface area contributed by atoms with Crippen LogP contribution in [0.15, 0.2) is 152 Å². The molecule has 0 saturated carbocycles. The van der Waals surface area contributed by atoms with Crippen molar-refractivity contribution < 1.29 is 0 Å². The van der Waals surface area contributed by atoms with Gasteiger partial charge in [-0.3, -0.25) is 9.97 Å². The van der Waals surface area contributed by atoms with Gasteiger partial charge in [0.1, 0.15) is 0 Å². The Bertz CT molecular complexity index is 2470. The summed E-state index contributed by atoms with van der Waals surface area (Å²) in [5.41, 5.74) is 10.2. The lowest BCUT2D eigenvalue weighted by Crippen LogP contribution is -1.92. The van der Waals surface area contributed by atoms with Crippen molar-refractivity contribution in [1.82, 2.24) is 14.5 Å². The van der Waals surface area contributed by atoms with Crippen LogP contribution in [0.1, 0.15) is 0 Å². The van der Waals surface area contributed by atoms with Crippen molar-refractivity contribution in [2.24, 2.45) is 0 Å². The third-order valence-corrected chi connectivity index (χ3v) is 8.66. The van der Waals surface area contributed by atoms with Crippen molar-refractivity contribution in [1.29, 1.82) is 0 Å². The van der Waals surface area contributed by atoms with Gasteiger partial charge in [0.15, 0.2) is 0 Å². The molecule has 0 spiro atoms. The molecule has 3 heteroatoms. The summed E-state index contributed by atoms with van der Waals surface area (Å²) >= 11 is 0. The van der Waals surface area contributed by atoms with Crippen LogP contribution in [0.5, 0.6) is 0 Å². The smallest absolute Gasteiger partial charge is 0.0971 e. The second-order valence-corrected chi connectivity index (χ2v) is 11.1. The lowest BCUT2D eigenvalue weighted by atomic mass is 9.94. The van der Waals surface area contributed by atoms with E-state index in [2.05, 4.69) is 144 Å². The molecule has 2 aromatic heterocycles. The molecule has 0 bridgehead atoms. The van der Waals surface area contributed by atoms with Gasteiger partial charge < -0.3 is 4.57 Å². The molecule has 43 heavy (non-hydrogen) atoms. The maximum atomic E-state index is 4.77. The van der Waals surface area contributed by atoms with Crippen LogP contribution in [0.3, 0.4) is 0 Å².